The molecular formula is C28H29N7OS. The average Bonchev–Trinajstić information content (AvgIpc) is 3.71. The minimum Gasteiger partial charge on any atom is -0.291 e. The van der Waals surface area contributed by atoms with Crippen LogP contribution in [-0.4, -0.2) is 41.2 Å². The molecule has 0 amide bonds. The molecule has 5 aromatic rings. The van der Waals surface area contributed by atoms with E-state index in [9.17, 15) is 4.79 Å². The molecule has 5 rings (SSSR count). The number of thiophene rings is 1. The minimum atomic E-state index is -0.00453. The van der Waals surface area contributed by atoms with Crippen molar-refractivity contribution in [2.45, 2.75) is 52.0 Å². The van der Waals surface area contributed by atoms with Gasteiger partial charge in [-0.05, 0) is 57.1 Å². The number of hydrogen-bond acceptors (Lipinski definition) is 7. The summed E-state index contributed by atoms with van der Waals surface area (Å²) in [6.45, 7) is 2.75. The van der Waals surface area contributed by atoms with Gasteiger partial charge in [-0.15, -0.1) is 15.3 Å². The molecule has 0 saturated carbocycles. The second-order valence-corrected chi connectivity index (χ2v) is 9.78. The van der Waals surface area contributed by atoms with E-state index in [1.807, 2.05) is 28.3 Å². The second kappa shape index (κ2) is 11.8. The molecule has 0 aliphatic rings. The molecule has 0 aliphatic carbocycles. The monoisotopic (exact) mass is 511 g/mol. The number of ketones is 1. The van der Waals surface area contributed by atoms with E-state index < -0.39 is 0 Å². The number of Topliss-reactive ketones (excluding diaryl/α,β-unsaturated/α-hetero) is 1. The Bertz CT molecular complexity index is 1420. The van der Waals surface area contributed by atoms with Gasteiger partial charge >= 0.3 is 0 Å². The number of aromatic nitrogens is 7. The molecule has 3 aromatic heterocycles. The number of aromatic amines is 1. The number of carbonyl (C=O) groups excluding carboxylic acids is 1. The van der Waals surface area contributed by atoms with Gasteiger partial charge in [0.15, 0.2) is 0 Å². The molecule has 0 aliphatic heterocycles. The minimum absolute atomic E-state index is 0.00453. The lowest BCUT2D eigenvalue weighted by Gasteiger charge is -2.09. The number of aryl methyl sites for hydroxylation is 2. The molecule has 0 bridgehead atoms. The number of nitrogens with one attached hydrogen (secondary N) is 1. The van der Waals surface area contributed by atoms with Gasteiger partial charge in [0, 0.05) is 18.4 Å². The van der Waals surface area contributed by atoms with E-state index in [2.05, 4.69) is 79.4 Å². The summed E-state index contributed by atoms with van der Waals surface area (Å²) >= 11 is 1.65. The van der Waals surface area contributed by atoms with Crippen LogP contribution in [0, 0.1) is 0 Å². The Morgan fingerprint density at radius 2 is 1.81 bits per heavy atom. The second-order valence-electron chi connectivity index (χ2n) is 9.00. The van der Waals surface area contributed by atoms with Crippen LogP contribution in [0.1, 0.15) is 60.2 Å². The number of carbonyl (C=O) groups is 1. The Balaban J connectivity index is 1.34. The van der Waals surface area contributed by atoms with E-state index in [-0.39, 0.29) is 5.78 Å². The first-order valence-electron chi connectivity index (χ1n) is 12.6. The average molecular weight is 512 g/mol. The molecule has 37 heavy (non-hydrogen) atoms. The van der Waals surface area contributed by atoms with Crippen molar-refractivity contribution in [3.63, 3.8) is 0 Å². The first-order chi connectivity index (χ1) is 18.2. The Morgan fingerprint density at radius 1 is 0.973 bits per heavy atom. The van der Waals surface area contributed by atoms with E-state index in [1.54, 1.807) is 11.3 Å². The van der Waals surface area contributed by atoms with Crippen LogP contribution in [-0.2, 0) is 19.4 Å². The van der Waals surface area contributed by atoms with Crippen LogP contribution in [0.3, 0.4) is 0 Å². The molecule has 3 heterocycles. The molecule has 2 aromatic carbocycles. The van der Waals surface area contributed by atoms with E-state index in [0.717, 1.165) is 60.2 Å². The molecule has 188 valence electrons. The van der Waals surface area contributed by atoms with Crippen molar-refractivity contribution in [3.8, 4) is 22.5 Å². The molecule has 0 saturated heterocycles. The summed E-state index contributed by atoms with van der Waals surface area (Å²) in [7, 11) is 0. The van der Waals surface area contributed by atoms with Crippen molar-refractivity contribution in [2.24, 2.45) is 0 Å². The van der Waals surface area contributed by atoms with Gasteiger partial charge in [0.05, 0.1) is 6.54 Å². The van der Waals surface area contributed by atoms with Gasteiger partial charge in [0.2, 0.25) is 17.4 Å². The van der Waals surface area contributed by atoms with Crippen LogP contribution in [0.4, 0.5) is 0 Å². The lowest BCUT2D eigenvalue weighted by Crippen LogP contribution is -2.08. The molecular weight excluding hydrogens is 482 g/mol. The van der Waals surface area contributed by atoms with E-state index in [4.69, 9.17) is 0 Å². The zero-order valence-corrected chi connectivity index (χ0v) is 21.6. The van der Waals surface area contributed by atoms with Crippen LogP contribution < -0.4 is 0 Å². The van der Waals surface area contributed by atoms with Crippen LogP contribution in [0.5, 0.6) is 0 Å². The van der Waals surface area contributed by atoms with E-state index >= 15 is 0 Å². The van der Waals surface area contributed by atoms with E-state index in [0.29, 0.717) is 24.6 Å². The topological polar surface area (TPSA) is 102 Å². The number of hydrogen-bond donors (Lipinski definition) is 1. The predicted octanol–water partition coefficient (Wildman–Crippen LogP) is 5.78. The molecule has 0 fully saturated rings. The number of unbranched alkanes of at least 4 members (excludes halogenated alkanes) is 2. The quantitative estimate of drug-likeness (QED) is 0.168. The van der Waals surface area contributed by atoms with Crippen molar-refractivity contribution >= 4 is 17.1 Å². The fraction of sp³-hybridized carbons (Fsp3) is 0.286. The van der Waals surface area contributed by atoms with Crippen molar-refractivity contribution in [3.05, 3.63) is 88.1 Å². The predicted molar refractivity (Wildman–Crippen MR) is 144 cm³/mol. The van der Waals surface area contributed by atoms with Gasteiger partial charge in [-0.3, -0.25) is 4.79 Å². The first kappa shape index (κ1) is 24.7. The molecule has 1 N–H and O–H groups in total. The number of nitrogens with zero attached hydrogens (tertiary/aromatic N) is 6. The Morgan fingerprint density at radius 3 is 2.54 bits per heavy atom. The summed E-state index contributed by atoms with van der Waals surface area (Å²) in [6.07, 6.45) is 5.24. The Hall–Kier alpha value is -3.98. The number of rotatable bonds is 12. The summed E-state index contributed by atoms with van der Waals surface area (Å²) in [5, 5.41) is 23.3. The molecule has 0 unspecified atom stereocenters. The molecule has 0 spiro atoms. The fourth-order valence-corrected chi connectivity index (χ4v) is 5.01. The van der Waals surface area contributed by atoms with E-state index in [1.165, 1.54) is 5.56 Å². The summed E-state index contributed by atoms with van der Waals surface area (Å²) in [4.78, 5) is 17.5. The molecule has 0 radical (unpaired) electrons. The highest BCUT2D eigenvalue weighted by atomic mass is 32.1. The first-order valence-corrected chi connectivity index (χ1v) is 13.6. The van der Waals surface area contributed by atoms with Gasteiger partial charge in [-0.25, -0.2) is 9.67 Å². The van der Waals surface area contributed by atoms with Crippen LogP contribution in [0.25, 0.3) is 22.5 Å². The summed E-state index contributed by atoms with van der Waals surface area (Å²) in [5.74, 6) is 1.76. The SMILES string of the molecule is CCCCCc1nc(C(=O)CCc2ccsc2)nn1Cc1ccc(-c2ccccc2-c2nn[nH]n2)cc1. The number of tetrazole rings is 1. The van der Waals surface area contributed by atoms with Crippen molar-refractivity contribution in [1.29, 1.82) is 0 Å². The third-order valence-electron chi connectivity index (χ3n) is 6.33. The smallest absolute Gasteiger partial charge is 0.217 e. The lowest BCUT2D eigenvalue weighted by atomic mass is 9.98. The standard InChI is InChI=1S/C28H29N7OS/c1-2-3-4-9-26-29-28(25(36)15-12-21-16-17-37-19-21)32-35(26)18-20-10-13-22(14-11-20)23-7-5-6-8-24(23)27-30-33-34-31-27/h5-8,10-11,13-14,16-17,19H,2-4,9,12,15,18H2,1H3,(H,30,31,33,34). The maximum Gasteiger partial charge on any atom is 0.217 e. The van der Waals surface area contributed by atoms with Crippen molar-refractivity contribution < 1.29 is 4.79 Å². The maximum atomic E-state index is 12.9. The zero-order chi connectivity index (χ0) is 25.5. The largest absolute Gasteiger partial charge is 0.291 e. The fourth-order valence-electron chi connectivity index (χ4n) is 4.31. The third-order valence-corrected chi connectivity index (χ3v) is 7.07. The van der Waals surface area contributed by atoms with Crippen LogP contribution in [0.2, 0.25) is 0 Å². The maximum absolute atomic E-state index is 12.9. The van der Waals surface area contributed by atoms with Gasteiger partial charge in [-0.2, -0.15) is 16.6 Å². The molecule has 9 heteroatoms. The summed E-state index contributed by atoms with van der Waals surface area (Å²) in [6, 6.07) is 18.4. The Kier molecular flexibility index (Phi) is 7.90. The number of benzene rings is 2. The molecule has 0 atom stereocenters. The summed E-state index contributed by atoms with van der Waals surface area (Å²) in [5.41, 5.74) is 5.30. The van der Waals surface area contributed by atoms with Gasteiger partial charge in [0.1, 0.15) is 5.82 Å². The highest BCUT2D eigenvalue weighted by molar-refractivity contribution is 7.07. The highest BCUT2D eigenvalue weighted by Gasteiger charge is 2.17. The van der Waals surface area contributed by atoms with Crippen LogP contribution in [0.15, 0.2) is 65.4 Å². The van der Waals surface area contributed by atoms with Gasteiger partial charge in [-0.1, -0.05) is 68.3 Å². The molecule has 8 nitrogen and oxygen atoms in total. The van der Waals surface area contributed by atoms with Crippen molar-refractivity contribution in [2.75, 3.05) is 0 Å². The van der Waals surface area contributed by atoms with Crippen LogP contribution >= 0.6 is 11.3 Å². The summed E-state index contributed by atoms with van der Waals surface area (Å²) < 4.78 is 1.90. The lowest BCUT2D eigenvalue weighted by molar-refractivity contribution is 0.0972. The van der Waals surface area contributed by atoms with Crippen molar-refractivity contribution in [1.82, 2.24) is 35.4 Å². The van der Waals surface area contributed by atoms with Gasteiger partial charge in [0.25, 0.3) is 0 Å². The third kappa shape index (κ3) is 6.06. The number of H-pyrrole nitrogens is 1. The Labute approximate surface area is 219 Å². The van der Waals surface area contributed by atoms with Gasteiger partial charge < -0.3 is 0 Å². The normalized spacial score (nSPS) is 11.2. The highest BCUT2D eigenvalue weighted by Crippen LogP contribution is 2.29. The zero-order valence-electron chi connectivity index (χ0n) is 20.8.